The number of aromatic amines is 1. The monoisotopic (exact) mass is 336 g/mol. The molecule has 6 heteroatoms. The fourth-order valence-corrected chi connectivity index (χ4v) is 3.31. The number of hydrogen-bond donors (Lipinski definition) is 1. The van der Waals surface area contributed by atoms with Crippen LogP contribution in [0.4, 0.5) is 0 Å². The predicted molar refractivity (Wildman–Crippen MR) is 94.4 cm³/mol. The van der Waals surface area contributed by atoms with Crippen molar-refractivity contribution in [1.29, 1.82) is 0 Å². The van der Waals surface area contributed by atoms with E-state index in [0.29, 0.717) is 5.92 Å². The van der Waals surface area contributed by atoms with E-state index in [9.17, 15) is 4.79 Å². The SMILES string of the molecule is O=C(COc1ccc2ccccc2c1)N1CCC(c2ncn[nH]2)CC1. The first-order valence-corrected chi connectivity index (χ1v) is 8.54. The molecule has 1 saturated heterocycles. The maximum atomic E-state index is 12.4. The second-order valence-electron chi connectivity index (χ2n) is 6.32. The van der Waals surface area contributed by atoms with E-state index in [2.05, 4.69) is 21.2 Å². The molecule has 1 amide bonds. The number of fused-ring (bicyclic) bond motifs is 1. The van der Waals surface area contributed by atoms with E-state index < -0.39 is 0 Å². The first-order valence-electron chi connectivity index (χ1n) is 8.54. The highest BCUT2D eigenvalue weighted by Gasteiger charge is 2.25. The highest BCUT2D eigenvalue weighted by molar-refractivity contribution is 5.84. The Morgan fingerprint density at radius 3 is 2.72 bits per heavy atom. The zero-order valence-corrected chi connectivity index (χ0v) is 13.9. The first kappa shape index (κ1) is 15.6. The molecule has 4 rings (SSSR count). The zero-order valence-electron chi connectivity index (χ0n) is 13.9. The molecule has 1 N–H and O–H groups in total. The third-order valence-corrected chi connectivity index (χ3v) is 4.75. The predicted octanol–water partition coefficient (Wildman–Crippen LogP) is 2.74. The number of nitrogens with one attached hydrogen (secondary N) is 1. The molecule has 0 atom stereocenters. The van der Waals surface area contributed by atoms with Crippen molar-refractivity contribution >= 4 is 16.7 Å². The molecule has 3 aromatic rings. The third-order valence-electron chi connectivity index (χ3n) is 4.75. The molecule has 0 spiro atoms. The molecule has 0 radical (unpaired) electrons. The van der Waals surface area contributed by atoms with Crippen molar-refractivity contribution in [2.75, 3.05) is 19.7 Å². The Bertz CT molecular complexity index is 855. The summed E-state index contributed by atoms with van der Waals surface area (Å²) < 4.78 is 5.71. The van der Waals surface area contributed by atoms with Crippen LogP contribution in [-0.4, -0.2) is 45.7 Å². The van der Waals surface area contributed by atoms with Crippen LogP contribution in [0.1, 0.15) is 24.6 Å². The van der Waals surface area contributed by atoms with Gasteiger partial charge in [-0.25, -0.2) is 4.98 Å². The Hall–Kier alpha value is -2.89. The van der Waals surface area contributed by atoms with E-state index >= 15 is 0 Å². The quantitative estimate of drug-likeness (QED) is 0.795. The molecule has 0 unspecified atom stereocenters. The molecular formula is C19H20N4O2. The van der Waals surface area contributed by atoms with Gasteiger partial charge >= 0.3 is 0 Å². The second-order valence-corrected chi connectivity index (χ2v) is 6.32. The average Bonchev–Trinajstić information content (AvgIpc) is 3.21. The molecule has 1 aliphatic heterocycles. The Kier molecular flexibility index (Phi) is 4.33. The van der Waals surface area contributed by atoms with Crippen LogP contribution in [0.15, 0.2) is 48.8 Å². The average molecular weight is 336 g/mol. The first-order chi connectivity index (χ1) is 12.3. The third kappa shape index (κ3) is 3.47. The molecule has 2 heterocycles. The Morgan fingerprint density at radius 2 is 1.96 bits per heavy atom. The van der Waals surface area contributed by atoms with E-state index in [1.807, 2.05) is 41.3 Å². The molecule has 0 saturated carbocycles. The topological polar surface area (TPSA) is 71.1 Å². The van der Waals surface area contributed by atoms with Gasteiger partial charge in [0, 0.05) is 19.0 Å². The van der Waals surface area contributed by atoms with E-state index in [4.69, 9.17) is 4.74 Å². The number of nitrogens with zero attached hydrogens (tertiary/aromatic N) is 3. The van der Waals surface area contributed by atoms with Gasteiger partial charge in [0.15, 0.2) is 6.61 Å². The van der Waals surface area contributed by atoms with Gasteiger partial charge in [-0.15, -0.1) is 0 Å². The Labute approximate surface area is 145 Å². The van der Waals surface area contributed by atoms with Crippen LogP contribution in [0.3, 0.4) is 0 Å². The number of piperidine rings is 1. The van der Waals surface area contributed by atoms with Crippen LogP contribution in [0, 0.1) is 0 Å². The van der Waals surface area contributed by atoms with E-state index in [1.165, 1.54) is 6.33 Å². The minimum absolute atomic E-state index is 0.0316. The van der Waals surface area contributed by atoms with E-state index in [0.717, 1.165) is 48.3 Å². The lowest BCUT2D eigenvalue weighted by Gasteiger charge is -2.30. The number of amides is 1. The fourth-order valence-electron chi connectivity index (χ4n) is 3.31. The Morgan fingerprint density at radius 1 is 1.16 bits per heavy atom. The van der Waals surface area contributed by atoms with Crippen LogP contribution in [-0.2, 0) is 4.79 Å². The number of carbonyl (C=O) groups excluding carboxylic acids is 1. The van der Waals surface area contributed by atoms with Gasteiger partial charge in [-0.2, -0.15) is 5.10 Å². The normalized spacial score (nSPS) is 15.4. The van der Waals surface area contributed by atoms with Gasteiger partial charge in [0.2, 0.25) is 0 Å². The lowest BCUT2D eigenvalue weighted by molar-refractivity contribution is -0.134. The van der Waals surface area contributed by atoms with Gasteiger partial charge in [-0.3, -0.25) is 9.89 Å². The Balaban J connectivity index is 1.31. The van der Waals surface area contributed by atoms with Crippen molar-refractivity contribution in [3.63, 3.8) is 0 Å². The molecule has 0 bridgehead atoms. The van der Waals surface area contributed by atoms with Crippen molar-refractivity contribution in [2.45, 2.75) is 18.8 Å². The number of benzene rings is 2. The van der Waals surface area contributed by atoms with Gasteiger partial charge in [-0.05, 0) is 35.7 Å². The second kappa shape index (κ2) is 6.93. The standard InChI is InChI=1S/C19H20N4O2/c24-18(23-9-7-15(8-10-23)19-20-13-21-22-19)12-25-17-6-5-14-3-1-2-4-16(14)11-17/h1-6,11,13,15H,7-10,12H2,(H,20,21,22). The summed E-state index contributed by atoms with van der Waals surface area (Å²) in [6.07, 6.45) is 3.33. The summed E-state index contributed by atoms with van der Waals surface area (Å²) in [5, 5.41) is 9.10. The summed E-state index contributed by atoms with van der Waals surface area (Å²) in [6, 6.07) is 14.0. The van der Waals surface area contributed by atoms with Gasteiger partial charge < -0.3 is 9.64 Å². The number of aromatic nitrogens is 3. The van der Waals surface area contributed by atoms with Crippen molar-refractivity contribution in [2.24, 2.45) is 0 Å². The molecule has 6 nitrogen and oxygen atoms in total. The lowest BCUT2D eigenvalue weighted by Crippen LogP contribution is -2.40. The number of rotatable bonds is 4. The molecule has 2 aromatic carbocycles. The number of likely N-dealkylation sites (tertiary alicyclic amines) is 1. The zero-order chi connectivity index (χ0) is 17.1. The van der Waals surface area contributed by atoms with Crippen molar-refractivity contribution in [3.8, 4) is 5.75 Å². The number of H-pyrrole nitrogens is 1. The lowest BCUT2D eigenvalue weighted by atomic mass is 9.96. The van der Waals surface area contributed by atoms with Crippen molar-refractivity contribution in [1.82, 2.24) is 20.1 Å². The summed E-state index contributed by atoms with van der Waals surface area (Å²) in [6.45, 7) is 1.53. The van der Waals surface area contributed by atoms with Gasteiger partial charge in [0.1, 0.15) is 17.9 Å². The smallest absolute Gasteiger partial charge is 0.260 e. The van der Waals surface area contributed by atoms with Crippen molar-refractivity contribution in [3.05, 3.63) is 54.6 Å². The summed E-state index contributed by atoms with van der Waals surface area (Å²) in [7, 11) is 0. The maximum Gasteiger partial charge on any atom is 0.260 e. The van der Waals surface area contributed by atoms with Gasteiger partial charge in [0.05, 0.1) is 0 Å². The largest absolute Gasteiger partial charge is 0.484 e. The van der Waals surface area contributed by atoms with Crippen LogP contribution < -0.4 is 4.74 Å². The number of carbonyl (C=O) groups is 1. The summed E-state index contributed by atoms with van der Waals surface area (Å²) in [5.74, 6) is 2.03. The minimum Gasteiger partial charge on any atom is -0.484 e. The molecule has 1 aliphatic rings. The van der Waals surface area contributed by atoms with Crippen LogP contribution >= 0.6 is 0 Å². The van der Waals surface area contributed by atoms with Crippen LogP contribution in [0.25, 0.3) is 10.8 Å². The number of ether oxygens (including phenoxy) is 1. The molecule has 1 aromatic heterocycles. The highest BCUT2D eigenvalue weighted by atomic mass is 16.5. The van der Waals surface area contributed by atoms with Gasteiger partial charge in [0.25, 0.3) is 5.91 Å². The maximum absolute atomic E-state index is 12.4. The minimum atomic E-state index is 0.0316. The van der Waals surface area contributed by atoms with Crippen LogP contribution in [0.5, 0.6) is 5.75 Å². The molecular weight excluding hydrogens is 316 g/mol. The van der Waals surface area contributed by atoms with Crippen molar-refractivity contribution < 1.29 is 9.53 Å². The van der Waals surface area contributed by atoms with E-state index in [1.54, 1.807) is 0 Å². The van der Waals surface area contributed by atoms with E-state index in [-0.39, 0.29) is 12.5 Å². The fraction of sp³-hybridized carbons (Fsp3) is 0.316. The molecule has 1 fully saturated rings. The summed E-state index contributed by atoms with van der Waals surface area (Å²) in [5.41, 5.74) is 0. The highest BCUT2D eigenvalue weighted by Crippen LogP contribution is 2.25. The summed E-state index contributed by atoms with van der Waals surface area (Å²) in [4.78, 5) is 18.5. The summed E-state index contributed by atoms with van der Waals surface area (Å²) >= 11 is 0. The molecule has 0 aliphatic carbocycles. The van der Waals surface area contributed by atoms with Crippen LogP contribution in [0.2, 0.25) is 0 Å². The molecule has 25 heavy (non-hydrogen) atoms. The van der Waals surface area contributed by atoms with Gasteiger partial charge in [-0.1, -0.05) is 30.3 Å². The number of hydrogen-bond acceptors (Lipinski definition) is 4. The molecule has 128 valence electrons.